The van der Waals surface area contributed by atoms with Crippen LogP contribution >= 0.6 is 11.8 Å². The summed E-state index contributed by atoms with van der Waals surface area (Å²) in [5.74, 6) is 0.136. The Balaban J connectivity index is 1.42. The number of anilines is 2. The van der Waals surface area contributed by atoms with E-state index >= 15 is 0 Å². The van der Waals surface area contributed by atoms with E-state index in [9.17, 15) is 9.90 Å². The molecule has 0 amide bonds. The molecule has 0 unspecified atom stereocenters. The zero-order valence-electron chi connectivity index (χ0n) is 21.3. The smallest absolute Gasteiger partial charge is 0.162 e. The van der Waals surface area contributed by atoms with Crippen molar-refractivity contribution in [2.75, 3.05) is 57.2 Å². The lowest BCUT2D eigenvalue weighted by Gasteiger charge is -2.36. The SMILES string of the molecule is [2H]C([2H])(O)C([2H])([2H])N1CCN(CCCN2c3ccccc3Sc3ccc(C(=O)CC)cc32)CC1. The maximum absolute atomic E-state index is 12.3. The predicted octanol–water partition coefficient (Wildman–Crippen LogP) is 3.88. The maximum Gasteiger partial charge on any atom is 0.162 e. The van der Waals surface area contributed by atoms with Crippen molar-refractivity contribution in [1.29, 1.82) is 0 Å². The summed E-state index contributed by atoms with van der Waals surface area (Å²) in [5, 5.41) is 9.55. The molecule has 0 aliphatic carbocycles. The molecule has 0 atom stereocenters. The lowest BCUT2D eigenvalue weighted by atomic mass is 10.1. The van der Waals surface area contributed by atoms with Crippen molar-refractivity contribution in [3.05, 3.63) is 48.0 Å². The van der Waals surface area contributed by atoms with Gasteiger partial charge in [-0.05, 0) is 37.2 Å². The molecule has 0 bridgehead atoms. The molecule has 1 N–H and O–H groups in total. The fourth-order valence-electron chi connectivity index (χ4n) is 4.05. The highest BCUT2D eigenvalue weighted by Gasteiger charge is 2.24. The minimum atomic E-state index is -2.90. The molecule has 0 spiro atoms. The molecule has 1 fully saturated rings. The molecular formula is C24H31N3O2S. The monoisotopic (exact) mass is 429 g/mol. The predicted molar refractivity (Wildman–Crippen MR) is 123 cm³/mol. The van der Waals surface area contributed by atoms with Crippen LogP contribution in [0.4, 0.5) is 11.4 Å². The minimum Gasteiger partial charge on any atom is -0.395 e. The average molecular weight is 430 g/mol. The molecule has 1 saturated heterocycles. The van der Waals surface area contributed by atoms with E-state index in [1.54, 1.807) is 11.8 Å². The number of hydrogen-bond donors (Lipinski definition) is 1. The number of aliphatic hydroxyl groups is 1. The maximum atomic E-state index is 12.3. The van der Waals surface area contributed by atoms with Gasteiger partial charge in [-0.15, -0.1) is 0 Å². The van der Waals surface area contributed by atoms with E-state index in [0.29, 0.717) is 32.6 Å². The molecule has 0 radical (unpaired) electrons. The van der Waals surface area contributed by atoms with Crippen molar-refractivity contribution in [3.8, 4) is 0 Å². The summed E-state index contributed by atoms with van der Waals surface area (Å²) >= 11 is 1.72. The number of ketones is 1. The normalized spacial score (nSPS) is 19.9. The lowest BCUT2D eigenvalue weighted by Crippen LogP contribution is -2.47. The van der Waals surface area contributed by atoms with Gasteiger partial charge in [0.1, 0.15) is 0 Å². The second kappa shape index (κ2) is 9.96. The van der Waals surface area contributed by atoms with Gasteiger partial charge in [-0.1, -0.05) is 36.9 Å². The van der Waals surface area contributed by atoms with Crippen molar-refractivity contribution in [2.24, 2.45) is 0 Å². The van der Waals surface area contributed by atoms with Crippen LogP contribution in [0.1, 0.15) is 35.6 Å². The Hall–Kier alpha value is -1.86. The Bertz CT molecular complexity index is 1040. The van der Waals surface area contributed by atoms with Crippen LogP contribution in [0.2, 0.25) is 0 Å². The highest BCUT2D eigenvalue weighted by atomic mass is 32.2. The summed E-state index contributed by atoms with van der Waals surface area (Å²) in [6.07, 6.45) is 1.36. The highest BCUT2D eigenvalue weighted by Crippen LogP contribution is 2.48. The van der Waals surface area contributed by atoms with E-state index in [0.717, 1.165) is 41.3 Å². The third-order valence-corrected chi connectivity index (χ3v) is 6.84. The summed E-state index contributed by atoms with van der Waals surface area (Å²) in [7, 11) is 0. The van der Waals surface area contributed by atoms with Crippen LogP contribution in [0.3, 0.4) is 0 Å². The summed E-state index contributed by atoms with van der Waals surface area (Å²) in [4.78, 5) is 20.6. The van der Waals surface area contributed by atoms with Gasteiger partial charge < -0.3 is 14.9 Å². The fraction of sp³-hybridized carbons (Fsp3) is 0.458. The molecule has 30 heavy (non-hydrogen) atoms. The number of β-amino-alcohol motifs (C(OH)–C–C–N with tert-alkyl or cyclic N) is 1. The van der Waals surface area contributed by atoms with E-state index < -0.39 is 13.1 Å². The topological polar surface area (TPSA) is 47.0 Å². The number of carbonyl (C=O) groups is 1. The molecule has 2 aromatic rings. The number of benzene rings is 2. The first-order valence-corrected chi connectivity index (χ1v) is 11.3. The number of fused-ring (bicyclic) bond motifs is 2. The van der Waals surface area contributed by atoms with Crippen molar-refractivity contribution < 1.29 is 15.4 Å². The van der Waals surface area contributed by atoms with E-state index in [1.165, 1.54) is 9.80 Å². The van der Waals surface area contributed by atoms with Crippen molar-refractivity contribution in [1.82, 2.24) is 9.80 Å². The Kier molecular flexibility index (Phi) is 5.58. The number of carbonyl (C=O) groups excluding carboxylic acids is 1. The molecule has 2 aromatic carbocycles. The quantitative estimate of drug-likeness (QED) is 0.643. The second-order valence-corrected chi connectivity index (χ2v) is 8.67. The molecular weight excluding hydrogens is 394 g/mol. The average Bonchev–Trinajstić information content (AvgIpc) is 2.82. The number of rotatable bonds is 8. The van der Waals surface area contributed by atoms with Gasteiger partial charge in [-0.25, -0.2) is 0 Å². The van der Waals surface area contributed by atoms with Crippen molar-refractivity contribution >= 4 is 28.9 Å². The molecule has 0 saturated carbocycles. The number of piperazine rings is 1. The van der Waals surface area contributed by atoms with Crippen LogP contribution in [0.15, 0.2) is 52.3 Å². The Morgan fingerprint density at radius 2 is 1.77 bits per heavy atom. The van der Waals surface area contributed by atoms with Crippen LogP contribution < -0.4 is 4.90 Å². The van der Waals surface area contributed by atoms with Gasteiger partial charge in [0.2, 0.25) is 0 Å². The highest BCUT2D eigenvalue weighted by molar-refractivity contribution is 7.99. The number of para-hydroxylation sites is 1. The molecule has 5 nitrogen and oxygen atoms in total. The van der Waals surface area contributed by atoms with E-state index in [-0.39, 0.29) is 5.78 Å². The largest absolute Gasteiger partial charge is 0.395 e. The van der Waals surface area contributed by atoms with Gasteiger partial charge in [0.25, 0.3) is 0 Å². The van der Waals surface area contributed by atoms with Crippen LogP contribution in [-0.2, 0) is 0 Å². The first kappa shape index (κ1) is 16.8. The lowest BCUT2D eigenvalue weighted by molar-refractivity contribution is 0.0988. The third kappa shape index (κ3) is 4.72. The Labute approximate surface area is 189 Å². The molecule has 2 aliphatic rings. The minimum absolute atomic E-state index is 0.136. The zero-order chi connectivity index (χ0) is 24.5. The number of Topliss-reactive ketones (excluding diaryl/α,β-unsaturated/α-hetero) is 1. The van der Waals surface area contributed by atoms with E-state index in [4.69, 9.17) is 5.48 Å². The van der Waals surface area contributed by atoms with Gasteiger partial charge >= 0.3 is 0 Å². The third-order valence-electron chi connectivity index (χ3n) is 5.71. The van der Waals surface area contributed by atoms with Gasteiger partial charge in [-0.2, -0.15) is 0 Å². The van der Waals surface area contributed by atoms with Crippen LogP contribution in [0.25, 0.3) is 0 Å². The molecule has 6 heteroatoms. The summed E-state index contributed by atoms with van der Waals surface area (Å²) in [5.41, 5.74) is 2.94. The number of nitrogens with zero attached hydrogens (tertiary/aromatic N) is 3. The van der Waals surface area contributed by atoms with Crippen molar-refractivity contribution in [2.45, 2.75) is 29.6 Å². The molecule has 0 aromatic heterocycles. The van der Waals surface area contributed by atoms with Gasteiger partial charge in [0.05, 0.1) is 20.7 Å². The van der Waals surface area contributed by atoms with Crippen molar-refractivity contribution in [3.63, 3.8) is 0 Å². The molecule has 4 rings (SSSR count). The molecule has 2 heterocycles. The first-order chi connectivity index (χ1) is 16.1. The van der Waals surface area contributed by atoms with Gasteiger partial charge in [-0.3, -0.25) is 9.69 Å². The summed E-state index contributed by atoms with van der Waals surface area (Å²) in [6.45, 7) is 0.145. The Morgan fingerprint density at radius 1 is 1.03 bits per heavy atom. The van der Waals surface area contributed by atoms with Crippen LogP contribution in [-0.4, -0.2) is 73.0 Å². The fourth-order valence-corrected chi connectivity index (χ4v) is 5.13. The van der Waals surface area contributed by atoms with Crippen LogP contribution in [0, 0.1) is 0 Å². The summed E-state index contributed by atoms with van der Waals surface area (Å²) < 4.78 is 30.6. The number of hydrogen-bond acceptors (Lipinski definition) is 6. The zero-order valence-corrected chi connectivity index (χ0v) is 18.1. The molecule has 160 valence electrons. The first-order valence-electron chi connectivity index (χ1n) is 12.5. The van der Waals surface area contributed by atoms with Gasteiger partial charge in [0.15, 0.2) is 5.78 Å². The van der Waals surface area contributed by atoms with E-state index in [2.05, 4.69) is 21.9 Å². The van der Waals surface area contributed by atoms with Crippen LogP contribution in [0.5, 0.6) is 0 Å². The van der Waals surface area contributed by atoms with Gasteiger partial charge in [0, 0.05) is 63.7 Å². The molecule has 2 aliphatic heterocycles. The van der Waals surface area contributed by atoms with E-state index in [1.807, 2.05) is 37.3 Å². The summed E-state index contributed by atoms with van der Waals surface area (Å²) in [6, 6.07) is 14.3. The second-order valence-electron chi connectivity index (χ2n) is 7.59. The standard InChI is InChI=1S/C24H31N3O2S/c1-2-22(29)19-8-9-24-21(18-19)27(20-6-3-4-7-23(20)30-24)11-5-10-25-12-14-26(15-13-25)16-17-28/h3-4,6-9,18,28H,2,5,10-17H2,1H3/i16D2,17D2. The Morgan fingerprint density at radius 3 is 2.53 bits per heavy atom.